The van der Waals surface area contributed by atoms with Crippen LogP contribution in [-0.2, 0) is 4.79 Å². The Balaban J connectivity index is 2.08. The molecule has 0 aliphatic rings. The van der Waals surface area contributed by atoms with E-state index in [0.717, 1.165) is 10.0 Å². The van der Waals surface area contributed by atoms with Crippen molar-refractivity contribution in [2.75, 3.05) is 7.11 Å². The van der Waals surface area contributed by atoms with Gasteiger partial charge in [-0.15, -0.1) is 0 Å². The number of hydrogen-bond donors (Lipinski definition) is 0. The molecule has 0 aliphatic heterocycles. The number of methoxy groups -OCH3 is 1. The van der Waals surface area contributed by atoms with Crippen molar-refractivity contribution >= 4 is 28.0 Å². The predicted octanol–water partition coefficient (Wildman–Crippen LogP) is 4.22. The summed E-state index contributed by atoms with van der Waals surface area (Å²) in [5.74, 6) is -0.0101. The van der Waals surface area contributed by atoms with E-state index in [9.17, 15) is 9.18 Å². The molecular formula is C16H12BrFO3. The van der Waals surface area contributed by atoms with Crippen LogP contribution in [-0.4, -0.2) is 13.1 Å². The number of ether oxygens (including phenoxy) is 2. The Morgan fingerprint density at radius 1 is 1.19 bits per heavy atom. The van der Waals surface area contributed by atoms with Gasteiger partial charge in [0.1, 0.15) is 17.3 Å². The lowest BCUT2D eigenvalue weighted by Gasteiger charge is -2.05. The molecular weight excluding hydrogens is 339 g/mol. The third kappa shape index (κ3) is 4.43. The topological polar surface area (TPSA) is 35.5 Å². The zero-order valence-corrected chi connectivity index (χ0v) is 12.8. The number of rotatable bonds is 4. The molecule has 5 heteroatoms. The highest BCUT2D eigenvalue weighted by molar-refractivity contribution is 9.10. The standard InChI is InChI=1S/C16H12BrFO3/c1-20-15-8-3-12(17)10-11(15)2-9-16(19)21-14-6-4-13(18)5-7-14/h2-10H,1H3/b9-2+. The Morgan fingerprint density at radius 3 is 2.57 bits per heavy atom. The molecule has 0 spiro atoms. The molecule has 0 bridgehead atoms. The largest absolute Gasteiger partial charge is 0.496 e. The number of esters is 1. The van der Waals surface area contributed by atoms with Gasteiger partial charge in [-0.2, -0.15) is 0 Å². The molecule has 0 aromatic heterocycles. The van der Waals surface area contributed by atoms with E-state index < -0.39 is 5.97 Å². The molecule has 3 nitrogen and oxygen atoms in total. The third-order valence-electron chi connectivity index (χ3n) is 2.62. The Hall–Kier alpha value is -2.14. The van der Waals surface area contributed by atoms with Crippen molar-refractivity contribution in [1.29, 1.82) is 0 Å². The predicted molar refractivity (Wildman–Crippen MR) is 81.8 cm³/mol. The summed E-state index contributed by atoms with van der Waals surface area (Å²) in [5.41, 5.74) is 0.739. The number of carbonyl (C=O) groups is 1. The molecule has 0 fully saturated rings. The summed E-state index contributed by atoms with van der Waals surface area (Å²) in [6.45, 7) is 0. The van der Waals surface area contributed by atoms with E-state index in [1.54, 1.807) is 19.3 Å². The van der Waals surface area contributed by atoms with E-state index in [4.69, 9.17) is 9.47 Å². The summed E-state index contributed by atoms with van der Waals surface area (Å²) < 4.78 is 23.9. The van der Waals surface area contributed by atoms with Gasteiger partial charge in [0.05, 0.1) is 7.11 Å². The molecule has 0 aliphatic carbocycles. The van der Waals surface area contributed by atoms with Gasteiger partial charge in [-0.3, -0.25) is 0 Å². The van der Waals surface area contributed by atoms with Gasteiger partial charge in [0.2, 0.25) is 0 Å². The van der Waals surface area contributed by atoms with E-state index in [2.05, 4.69) is 15.9 Å². The van der Waals surface area contributed by atoms with Crippen molar-refractivity contribution in [2.24, 2.45) is 0 Å². The van der Waals surface area contributed by atoms with Crippen LogP contribution in [0.15, 0.2) is 53.0 Å². The molecule has 2 rings (SSSR count). The van der Waals surface area contributed by atoms with Crippen LogP contribution in [0.5, 0.6) is 11.5 Å². The third-order valence-corrected chi connectivity index (χ3v) is 3.12. The highest BCUT2D eigenvalue weighted by atomic mass is 79.9. The maximum Gasteiger partial charge on any atom is 0.336 e. The summed E-state index contributed by atoms with van der Waals surface area (Å²) in [6, 6.07) is 10.7. The van der Waals surface area contributed by atoms with E-state index in [1.165, 1.54) is 30.3 Å². The van der Waals surface area contributed by atoms with Gasteiger partial charge in [-0.25, -0.2) is 9.18 Å². The lowest BCUT2D eigenvalue weighted by atomic mass is 10.2. The number of benzene rings is 2. The minimum Gasteiger partial charge on any atom is -0.496 e. The quantitative estimate of drug-likeness (QED) is 0.470. The molecule has 0 heterocycles. The maximum absolute atomic E-state index is 12.7. The van der Waals surface area contributed by atoms with Crippen LogP contribution in [0.25, 0.3) is 6.08 Å². The van der Waals surface area contributed by atoms with Gasteiger partial charge in [-0.05, 0) is 48.5 Å². The molecule has 0 atom stereocenters. The molecule has 21 heavy (non-hydrogen) atoms. The van der Waals surface area contributed by atoms with Gasteiger partial charge >= 0.3 is 5.97 Å². The second-order valence-corrected chi connectivity index (χ2v) is 5.01. The average Bonchev–Trinajstić information content (AvgIpc) is 2.48. The van der Waals surface area contributed by atoms with Gasteiger partial charge < -0.3 is 9.47 Å². The highest BCUT2D eigenvalue weighted by Crippen LogP contribution is 2.24. The van der Waals surface area contributed by atoms with Crippen molar-refractivity contribution in [2.45, 2.75) is 0 Å². The van der Waals surface area contributed by atoms with E-state index in [1.807, 2.05) is 12.1 Å². The summed E-state index contributed by atoms with van der Waals surface area (Å²) in [7, 11) is 1.55. The Kier molecular flexibility index (Phi) is 5.11. The molecule has 0 saturated carbocycles. The SMILES string of the molecule is COc1ccc(Br)cc1/C=C/C(=O)Oc1ccc(F)cc1. The van der Waals surface area contributed by atoms with Crippen LogP contribution in [0, 0.1) is 5.82 Å². The summed E-state index contributed by atoms with van der Waals surface area (Å²) in [6.07, 6.45) is 2.88. The fourth-order valence-corrected chi connectivity index (χ4v) is 2.02. The number of carbonyl (C=O) groups excluding carboxylic acids is 1. The van der Waals surface area contributed by atoms with E-state index >= 15 is 0 Å². The van der Waals surface area contributed by atoms with Crippen LogP contribution in [0.1, 0.15) is 5.56 Å². The van der Waals surface area contributed by atoms with Gasteiger partial charge in [0.25, 0.3) is 0 Å². The van der Waals surface area contributed by atoms with Crippen molar-refractivity contribution in [3.05, 3.63) is 64.4 Å². The van der Waals surface area contributed by atoms with Crippen molar-refractivity contribution in [3.8, 4) is 11.5 Å². The molecule has 0 unspecified atom stereocenters. The van der Waals surface area contributed by atoms with Crippen LogP contribution in [0.3, 0.4) is 0 Å². The second-order valence-electron chi connectivity index (χ2n) is 4.09. The maximum atomic E-state index is 12.7. The minimum absolute atomic E-state index is 0.284. The van der Waals surface area contributed by atoms with E-state index in [0.29, 0.717) is 5.75 Å². The first kappa shape index (κ1) is 15.3. The molecule has 2 aromatic carbocycles. The average molecular weight is 351 g/mol. The molecule has 0 radical (unpaired) electrons. The van der Waals surface area contributed by atoms with E-state index in [-0.39, 0.29) is 11.6 Å². The van der Waals surface area contributed by atoms with Crippen LogP contribution >= 0.6 is 15.9 Å². The van der Waals surface area contributed by atoms with Crippen LogP contribution in [0.2, 0.25) is 0 Å². The monoisotopic (exact) mass is 350 g/mol. The molecule has 0 amide bonds. The minimum atomic E-state index is -0.552. The van der Waals surface area contributed by atoms with Crippen LogP contribution < -0.4 is 9.47 Å². The van der Waals surface area contributed by atoms with Gasteiger partial charge in [-0.1, -0.05) is 15.9 Å². The molecule has 108 valence electrons. The molecule has 0 saturated heterocycles. The van der Waals surface area contributed by atoms with Crippen LogP contribution in [0.4, 0.5) is 4.39 Å². The summed E-state index contributed by atoms with van der Waals surface area (Å²) >= 11 is 3.35. The second kappa shape index (κ2) is 7.04. The summed E-state index contributed by atoms with van der Waals surface area (Å²) in [4.78, 5) is 11.7. The lowest BCUT2D eigenvalue weighted by molar-refractivity contribution is -0.128. The highest BCUT2D eigenvalue weighted by Gasteiger charge is 2.03. The Morgan fingerprint density at radius 2 is 1.90 bits per heavy atom. The van der Waals surface area contributed by atoms with Crippen molar-refractivity contribution in [3.63, 3.8) is 0 Å². The zero-order chi connectivity index (χ0) is 15.2. The Labute approximate surface area is 130 Å². The molecule has 2 aromatic rings. The summed E-state index contributed by atoms with van der Waals surface area (Å²) in [5, 5.41) is 0. The Bertz CT molecular complexity index is 666. The number of hydrogen-bond acceptors (Lipinski definition) is 3. The van der Waals surface area contributed by atoms with Crippen molar-refractivity contribution < 1.29 is 18.7 Å². The molecule has 0 N–H and O–H groups in total. The fraction of sp³-hybridized carbons (Fsp3) is 0.0625. The lowest BCUT2D eigenvalue weighted by Crippen LogP contribution is -2.03. The first-order valence-corrected chi connectivity index (χ1v) is 6.87. The first-order valence-electron chi connectivity index (χ1n) is 6.07. The normalized spacial score (nSPS) is 10.6. The smallest absolute Gasteiger partial charge is 0.336 e. The van der Waals surface area contributed by atoms with Gasteiger partial charge in [0, 0.05) is 16.1 Å². The zero-order valence-electron chi connectivity index (χ0n) is 11.2. The van der Waals surface area contributed by atoms with Gasteiger partial charge in [0.15, 0.2) is 0 Å². The van der Waals surface area contributed by atoms with Crippen molar-refractivity contribution in [1.82, 2.24) is 0 Å². The number of halogens is 2. The fourth-order valence-electron chi connectivity index (χ4n) is 1.65. The first-order chi connectivity index (χ1) is 10.1.